The van der Waals surface area contributed by atoms with Gasteiger partial charge in [0.25, 0.3) is 5.69 Å². The predicted octanol–water partition coefficient (Wildman–Crippen LogP) is 3.04. The zero-order chi connectivity index (χ0) is 19.0. The summed E-state index contributed by atoms with van der Waals surface area (Å²) >= 11 is 0. The van der Waals surface area contributed by atoms with Crippen molar-refractivity contribution in [1.29, 1.82) is 0 Å². The largest absolute Gasteiger partial charge is 0.360 e. The van der Waals surface area contributed by atoms with Crippen LogP contribution in [-0.4, -0.2) is 40.7 Å². The van der Waals surface area contributed by atoms with E-state index < -0.39 is 14.9 Å². The highest BCUT2D eigenvalue weighted by Crippen LogP contribution is 2.34. The van der Waals surface area contributed by atoms with Gasteiger partial charge >= 0.3 is 0 Å². The molecule has 0 spiro atoms. The zero-order valence-corrected chi connectivity index (χ0v) is 15.2. The molecule has 2 aromatic heterocycles. The number of benzene rings is 1. The first-order chi connectivity index (χ1) is 13.0. The van der Waals surface area contributed by atoms with E-state index in [9.17, 15) is 18.5 Å². The van der Waals surface area contributed by atoms with Gasteiger partial charge in [-0.15, -0.1) is 0 Å². The number of non-ortho nitro benzene ring substituents is 1. The second kappa shape index (κ2) is 6.75. The van der Waals surface area contributed by atoms with Gasteiger partial charge in [0.1, 0.15) is 0 Å². The van der Waals surface area contributed by atoms with Gasteiger partial charge in [-0.2, -0.15) is 4.31 Å². The number of nitro groups is 1. The molecule has 1 saturated heterocycles. The van der Waals surface area contributed by atoms with Gasteiger partial charge in [0.2, 0.25) is 10.0 Å². The van der Waals surface area contributed by atoms with Crippen molar-refractivity contribution in [2.45, 2.75) is 23.7 Å². The molecule has 3 heterocycles. The summed E-state index contributed by atoms with van der Waals surface area (Å²) in [6.07, 6.45) is 5.13. The molecular weight excluding hydrogens is 368 g/mol. The maximum atomic E-state index is 12.8. The second-order valence-corrected chi connectivity index (χ2v) is 8.51. The lowest BCUT2D eigenvalue weighted by atomic mass is 9.91. The highest BCUT2D eigenvalue weighted by molar-refractivity contribution is 7.89. The summed E-state index contributed by atoms with van der Waals surface area (Å²) in [5.41, 5.74) is 2.92. The minimum absolute atomic E-state index is 0.0836. The second-order valence-electron chi connectivity index (χ2n) is 6.57. The first kappa shape index (κ1) is 17.6. The summed E-state index contributed by atoms with van der Waals surface area (Å²) in [7, 11) is -3.65. The molecule has 8 nitrogen and oxygen atoms in total. The molecule has 4 rings (SSSR count). The van der Waals surface area contributed by atoms with E-state index in [1.165, 1.54) is 28.6 Å². The predicted molar refractivity (Wildman–Crippen MR) is 99.9 cm³/mol. The Bertz CT molecular complexity index is 1080. The molecule has 0 aliphatic carbocycles. The molecule has 3 aromatic rings. The molecule has 1 aliphatic rings. The molecule has 1 N–H and O–H groups in total. The number of hydrogen-bond donors (Lipinski definition) is 1. The van der Waals surface area contributed by atoms with Crippen molar-refractivity contribution in [3.63, 3.8) is 0 Å². The Hall–Kier alpha value is -2.78. The van der Waals surface area contributed by atoms with Crippen molar-refractivity contribution in [2.24, 2.45) is 0 Å². The first-order valence-corrected chi connectivity index (χ1v) is 10.1. The van der Waals surface area contributed by atoms with Gasteiger partial charge in [-0.25, -0.2) is 8.42 Å². The van der Waals surface area contributed by atoms with Crippen LogP contribution >= 0.6 is 0 Å². The number of nitrogens with one attached hydrogen (secondary N) is 1. The van der Waals surface area contributed by atoms with E-state index in [2.05, 4.69) is 9.97 Å². The van der Waals surface area contributed by atoms with Gasteiger partial charge < -0.3 is 4.98 Å². The van der Waals surface area contributed by atoms with Gasteiger partial charge in [0, 0.05) is 37.6 Å². The lowest BCUT2D eigenvalue weighted by Crippen LogP contribution is -2.37. The Morgan fingerprint density at radius 3 is 2.52 bits per heavy atom. The highest BCUT2D eigenvalue weighted by atomic mass is 32.2. The third-order valence-corrected chi connectivity index (χ3v) is 6.96. The van der Waals surface area contributed by atoms with Crippen molar-refractivity contribution in [1.82, 2.24) is 14.3 Å². The molecule has 0 bridgehead atoms. The topological polar surface area (TPSA) is 109 Å². The number of H-pyrrole nitrogens is 1. The van der Waals surface area contributed by atoms with Crippen molar-refractivity contribution in [3.05, 3.63) is 64.5 Å². The number of hydrogen-bond acceptors (Lipinski definition) is 5. The minimum Gasteiger partial charge on any atom is -0.360 e. The van der Waals surface area contributed by atoms with Crippen LogP contribution in [0.4, 0.5) is 5.69 Å². The minimum atomic E-state index is -3.65. The maximum Gasteiger partial charge on any atom is 0.269 e. The summed E-state index contributed by atoms with van der Waals surface area (Å²) in [6, 6.07) is 8.88. The lowest BCUT2D eigenvalue weighted by molar-refractivity contribution is -0.384. The molecule has 27 heavy (non-hydrogen) atoms. The van der Waals surface area contributed by atoms with E-state index in [4.69, 9.17) is 0 Å². The van der Waals surface area contributed by atoms with E-state index in [0.29, 0.717) is 25.9 Å². The highest BCUT2D eigenvalue weighted by Gasteiger charge is 2.31. The van der Waals surface area contributed by atoms with Gasteiger partial charge in [0.15, 0.2) is 0 Å². The molecule has 0 unspecified atom stereocenters. The molecule has 1 aromatic carbocycles. The number of nitrogens with zero attached hydrogens (tertiary/aromatic N) is 3. The fourth-order valence-electron chi connectivity index (χ4n) is 3.58. The van der Waals surface area contributed by atoms with Crippen molar-refractivity contribution in [3.8, 4) is 0 Å². The molecule has 0 saturated carbocycles. The van der Waals surface area contributed by atoms with Crippen LogP contribution in [0.1, 0.15) is 24.3 Å². The van der Waals surface area contributed by atoms with Crippen LogP contribution in [0.2, 0.25) is 0 Å². The van der Waals surface area contributed by atoms with Crippen molar-refractivity contribution in [2.75, 3.05) is 13.1 Å². The zero-order valence-electron chi connectivity index (χ0n) is 14.4. The number of pyridine rings is 1. The first-order valence-electron chi connectivity index (χ1n) is 8.63. The molecular formula is C18H18N4O4S. The van der Waals surface area contributed by atoms with Crippen LogP contribution in [-0.2, 0) is 10.0 Å². The van der Waals surface area contributed by atoms with Crippen LogP contribution in [0.3, 0.4) is 0 Å². The molecule has 1 fully saturated rings. The Kier molecular flexibility index (Phi) is 4.40. The molecule has 0 amide bonds. The van der Waals surface area contributed by atoms with Crippen molar-refractivity contribution < 1.29 is 13.3 Å². The number of piperidine rings is 1. The quantitative estimate of drug-likeness (QED) is 0.547. The fourth-order valence-corrected chi connectivity index (χ4v) is 5.05. The van der Waals surface area contributed by atoms with E-state index in [1.807, 2.05) is 18.3 Å². The standard InChI is InChI=1S/C18H18N4O4S/c23-22(24)14-3-5-15(6-4-14)27(25,26)21-10-7-13(8-11-21)16-12-20-17-2-1-9-19-18(16)17/h1-6,9,12-13,20H,7-8,10-11H2. The van der Waals surface area contributed by atoms with Crippen molar-refractivity contribution >= 4 is 26.7 Å². The van der Waals surface area contributed by atoms with E-state index in [-0.39, 0.29) is 16.5 Å². The van der Waals surface area contributed by atoms with E-state index in [1.54, 1.807) is 6.20 Å². The average molecular weight is 386 g/mol. The summed E-state index contributed by atoms with van der Waals surface area (Å²) in [4.78, 5) is 17.9. The lowest BCUT2D eigenvalue weighted by Gasteiger charge is -2.31. The monoisotopic (exact) mass is 386 g/mol. The maximum absolute atomic E-state index is 12.8. The van der Waals surface area contributed by atoms with Gasteiger partial charge in [-0.1, -0.05) is 0 Å². The number of nitro benzene ring substituents is 1. The third kappa shape index (κ3) is 3.19. The number of aromatic nitrogens is 2. The average Bonchev–Trinajstić information content (AvgIpc) is 3.12. The normalized spacial score (nSPS) is 16.6. The molecule has 140 valence electrons. The number of fused-ring (bicyclic) bond motifs is 1. The van der Waals surface area contributed by atoms with Crippen LogP contribution < -0.4 is 0 Å². The number of sulfonamides is 1. The molecule has 9 heteroatoms. The Balaban J connectivity index is 1.50. The Labute approximate surface area is 156 Å². The number of rotatable bonds is 4. The summed E-state index contributed by atoms with van der Waals surface area (Å²) in [6.45, 7) is 0.812. The van der Waals surface area contributed by atoms with Gasteiger partial charge in [-0.05, 0) is 48.6 Å². The summed E-state index contributed by atoms with van der Waals surface area (Å²) in [5, 5.41) is 10.7. The Morgan fingerprint density at radius 2 is 1.85 bits per heavy atom. The van der Waals surface area contributed by atoms with E-state index >= 15 is 0 Å². The molecule has 0 atom stereocenters. The van der Waals surface area contributed by atoms with Crippen LogP contribution in [0.15, 0.2) is 53.7 Å². The number of aromatic amines is 1. The van der Waals surface area contributed by atoms with Gasteiger partial charge in [0.05, 0.1) is 20.9 Å². The van der Waals surface area contributed by atoms with Crippen LogP contribution in [0, 0.1) is 10.1 Å². The molecule has 0 radical (unpaired) electrons. The molecule has 1 aliphatic heterocycles. The summed E-state index contributed by atoms with van der Waals surface area (Å²) < 4.78 is 27.1. The van der Waals surface area contributed by atoms with Gasteiger partial charge in [-0.3, -0.25) is 15.1 Å². The van der Waals surface area contributed by atoms with E-state index in [0.717, 1.165) is 16.6 Å². The van der Waals surface area contributed by atoms with Crippen LogP contribution in [0.25, 0.3) is 11.0 Å². The van der Waals surface area contributed by atoms with Crippen LogP contribution in [0.5, 0.6) is 0 Å². The Morgan fingerprint density at radius 1 is 1.15 bits per heavy atom. The third-order valence-electron chi connectivity index (χ3n) is 5.04. The summed E-state index contributed by atoms with van der Waals surface area (Å²) in [5.74, 6) is 0.247. The fraction of sp³-hybridized carbons (Fsp3) is 0.278. The SMILES string of the molecule is O=[N+]([O-])c1ccc(S(=O)(=O)N2CCC(c3c[nH]c4cccnc34)CC2)cc1. The smallest absolute Gasteiger partial charge is 0.269 e.